The number of para-hydroxylation sites is 1. The minimum absolute atomic E-state index is 0.00947. The number of benzene rings is 2. The highest BCUT2D eigenvalue weighted by molar-refractivity contribution is 5.94. The third kappa shape index (κ3) is 3.15. The zero-order chi connectivity index (χ0) is 18.8. The number of nitro groups is 1. The molecule has 3 rings (SSSR count). The lowest BCUT2D eigenvalue weighted by molar-refractivity contribution is -0.384. The number of nitro benzene ring substituents is 1. The zero-order valence-corrected chi connectivity index (χ0v) is 13.1. The van der Waals surface area contributed by atoms with Crippen LogP contribution in [0.4, 0.5) is 11.4 Å². The lowest BCUT2D eigenvalue weighted by Gasteiger charge is -2.11. The van der Waals surface area contributed by atoms with Crippen LogP contribution < -0.4 is 16.4 Å². The van der Waals surface area contributed by atoms with Gasteiger partial charge in [-0.25, -0.2) is 4.79 Å². The van der Waals surface area contributed by atoms with Crippen molar-refractivity contribution in [2.45, 2.75) is 6.54 Å². The monoisotopic (exact) mass is 356 g/mol. The normalized spacial score (nSPS) is 10.6. The summed E-state index contributed by atoms with van der Waals surface area (Å²) in [6.45, 7) is -0.00947. The van der Waals surface area contributed by atoms with Gasteiger partial charge in [0.2, 0.25) is 0 Å². The Labute approximate surface area is 144 Å². The molecule has 0 unspecified atom stereocenters. The van der Waals surface area contributed by atoms with Crippen molar-refractivity contribution in [1.82, 2.24) is 9.97 Å². The van der Waals surface area contributed by atoms with Crippen molar-refractivity contribution in [3.63, 3.8) is 0 Å². The van der Waals surface area contributed by atoms with Crippen LogP contribution in [-0.2, 0) is 6.54 Å². The van der Waals surface area contributed by atoms with Crippen LogP contribution in [-0.4, -0.2) is 26.0 Å². The standard InChI is InChI=1S/C16H12N4O6/c21-14-15(22)19-13-8(5-9(20(25)26)6-12(13)18-14)7-17-11-4-2-1-3-10(11)16(23)24/h1-6,17H,7H2,(H,18,21)(H,19,22)(H,23,24). The Kier molecular flexibility index (Phi) is 4.23. The summed E-state index contributed by atoms with van der Waals surface area (Å²) >= 11 is 0. The number of carbonyl (C=O) groups is 1. The van der Waals surface area contributed by atoms with Gasteiger partial charge in [0.1, 0.15) is 0 Å². The molecule has 3 aromatic rings. The predicted molar refractivity (Wildman–Crippen MR) is 92.6 cm³/mol. The minimum atomic E-state index is -1.13. The topological polar surface area (TPSA) is 158 Å². The second kappa shape index (κ2) is 6.51. The van der Waals surface area contributed by atoms with E-state index in [1.54, 1.807) is 18.2 Å². The molecule has 10 nitrogen and oxygen atoms in total. The molecule has 0 amide bonds. The van der Waals surface area contributed by atoms with Crippen LogP contribution in [0.15, 0.2) is 46.0 Å². The molecule has 0 radical (unpaired) electrons. The summed E-state index contributed by atoms with van der Waals surface area (Å²) in [5, 5.41) is 23.2. The Morgan fingerprint density at radius 2 is 1.85 bits per heavy atom. The molecule has 0 saturated carbocycles. The van der Waals surface area contributed by atoms with Gasteiger partial charge in [-0.1, -0.05) is 12.1 Å². The van der Waals surface area contributed by atoms with Gasteiger partial charge < -0.3 is 20.4 Å². The van der Waals surface area contributed by atoms with Crippen molar-refractivity contribution in [2.24, 2.45) is 0 Å². The van der Waals surface area contributed by atoms with Gasteiger partial charge in [0.05, 0.1) is 21.5 Å². The molecular weight excluding hydrogens is 344 g/mol. The molecule has 0 spiro atoms. The Morgan fingerprint density at radius 1 is 1.15 bits per heavy atom. The van der Waals surface area contributed by atoms with Crippen molar-refractivity contribution in [3.05, 3.63) is 78.3 Å². The Hall–Kier alpha value is -3.95. The van der Waals surface area contributed by atoms with E-state index in [0.717, 1.165) is 6.07 Å². The van der Waals surface area contributed by atoms with Crippen LogP contribution in [0.3, 0.4) is 0 Å². The summed E-state index contributed by atoms with van der Waals surface area (Å²) in [5.41, 5.74) is -1.10. The second-order valence-electron chi connectivity index (χ2n) is 5.40. The van der Waals surface area contributed by atoms with E-state index in [1.165, 1.54) is 12.1 Å². The fourth-order valence-corrected chi connectivity index (χ4v) is 2.54. The minimum Gasteiger partial charge on any atom is -0.478 e. The van der Waals surface area contributed by atoms with E-state index in [4.69, 9.17) is 0 Å². The number of H-pyrrole nitrogens is 2. The molecule has 0 bridgehead atoms. The van der Waals surface area contributed by atoms with Crippen molar-refractivity contribution in [1.29, 1.82) is 0 Å². The first-order valence-electron chi connectivity index (χ1n) is 7.36. The number of aromatic carboxylic acids is 1. The Morgan fingerprint density at radius 3 is 2.54 bits per heavy atom. The summed E-state index contributed by atoms with van der Waals surface area (Å²) in [7, 11) is 0. The van der Waals surface area contributed by atoms with E-state index in [1.807, 2.05) is 0 Å². The van der Waals surface area contributed by atoms with Gasteiger partial charge in [0.25, 0.3) is 5.69 Å². The molecule has 0 aliphatic carbocycles. The maximum Gasteiger partial charge on any atom is 0.337 e. The highest BCUT2D eigenvalue weighted by Crippen LogP contribution is 2.23. The number of hydrogen-bond acceptors (Lipinski definition) is 6. The van der Waals surface area contributed by atoms with Gasteiger partial charge in [-0.2, -0.15) is 0 Å². The fourth-order valence-electron chi connectivity index (χ4n) is 2.54. The smallest absolute Gasteiger partial charge is 0.337 e. The summed E-state index contributed by atoms with van der Waals surface area (Å²) in [6, 6.07) is 8.55. The number of carboxylic acids is 1. The first-order valence-corrected chi connectivity index (χ1v) is 7.36. The molecule has 0 aliphatic heterocycles. The van der Waals surface area contributed by atoms with E-state index >= 15 is 0 Å². The molecule has 1 heterocycles. The molecule has 0 saturated heterocycles. The number of anilines is 1. The molecule has 26 heavy (non-hydrogen) atoms. The number of rotatable bonds is 5. The van der Waals surface area contributed by atoms with Crippen molar-refractivity contribution in [2.75, 3.05) is 5.32 Å². The largest absolute Gasteiger partial charge is 0.478 e. The number of aromatic amines is 2. The molecular formula is C16H12N4O6. The lowest BCUT2D eigenvalue weighted by Crippen LogP contribution is -2.29. The molecule has 0 fully saturated rings. The zero-order valence-electron chi connectivity index (χ0n) is 13.1. The number of nitrogens with zero attached hydrogens (tertiary/aromatic N) is 1. The van der Waals surface area contributed by atoms with Crippen molar-refractivity contribution < 1.29 is 14.8 Å². The molecule has 0 aliphatic rings. The summed E-state index contributed by atoms with van der Waals surface area (Å²) in [4.78, 5) is 49.5. The van der Waals surface area contributed by atoms with Crippen LogP contribution in [0.2, 0.25) is 0 Å². The molecule has 4 N–H and O–H groups in total. The van der Waals surface area contributed by atoms with E-state index in [0.29, 0.717) is 11.3 Å². The third-order valence-corrected chi connectivity index (χ3v) is 3.74. The van der Waals surface area contributed by atoms with Crippen LogP contribution in [0, 0.1) is 10.1 Å². The van der Waals surface area contributed by atoms with Crippen LogP contribution in [0.5, 0.6) is 0 Å². The maximum atomic E-state index is 11.6. The average Bonchev–Trinajstić information content (AvgIpc) is 2.60. The van der Waals surface area contributed by atoms with E-state index in [-0.39, 0.29) is 28.8 Å². The Bertz CT molecular complexity index is 1150. The number of aromatic nitrogens is 2. The number of non-ortho nitro benzene ring substituents is 1. The molecule has 10 heteroatoms. The number of carboxylic acid groups (broad SMARTS) is 1. The summed E-state index contributed by atoms with van der Waals surface area (Å²) in [5.74, 6) is -1.13. The van der Waals surface area contributed by atoms with E-state index < -0.39 is 22.0 Å². The molecule has 132 valence electrons. The maximum absolute atomic E-state index is 11.6. The first-order chi connectivity index (χ1) is 12.4. The first kappa shape index (κ1) is 16.9. The third-order valence-electron chi connectivity index (χ3n) is 3.74. The summed E-state index contributed by atoms with van der Waals surface area (Å²) < 4.78 is 0. The van der Waals surface area contributed by atoms with Crippen molar-refractivity contribution >= 4 is 28.4 Å². The van der Waals surface area contributed by atoms with Gasteiger partial charge in [-0.05, 0) is 12.1 Å². The predicted octanol–water partition coefficient (Wildman–Crippen LogP) is 1.43. The second-order valence-corrected chi connectivity index (χ2v) is 5.40. The Balaban J connectivity index is 2.08. The van der Waals surface area contributed by atoms with Crippen LogP contribution in [0.25, 0.3) is 11.0 Å². The van der Waals surface area contributed by atoms with Crippen LogP contribution >= 0.6 is 0 Å². The molecule has 1 aromatic heterocycles. The summed E-state index contributed by atoms with van der Waals surface area (Å²) in [6.07, 6.45) is 0. The van der Waals surface area contributed by atoms with Gasteiger partial charge in [-0.15, -0.1) is 0 Å². The van der Waals surface area contributed by atoms with Gasteiger partial charge in [0, 0.05) is 29.9 Å². The average molecular weight is 356 g/mol. The van der Waals surface area contributed by atoms with E-state index in [9.17, 15) is 29.6 Å². The van der Waals surface area contributed by atoms with Gasteiger partial charge >= 0.3 is 17.1 Å². The molecule has 2 aromatic carbocycles. The fraction of sp³-hybridized carbons (Fsp3) is 0.0625. The quantitative estimate of drug-likeness (QED) is 0.306. The highest BCUT2D eigenvalue weighted by atomic mass is 16.6. The van der Waals surface area contributed by atoms with Gasteiger partial charge in [-0.3, -0.25) is 19.7 Å². The molecule has 0 atom stereocenters. The highest BCUT2D eigenvalue weighted by Gasteiger charge is 2.15. The van der Waals surface area contributed by atoms with Gasteiger partial charge in [0.15, 0.2) is 0 Å². The number of hydrogen-bond donors (Lipinski definition) is 4. The van der Waals surface area contributed by atoms with Crippen molar-refractivity contribution in [3.8, 4) is 0 Å². The van der Waals surface area contributed by atoms with Crippen LogP contribution in [0.1, 0.15) is 15.9 Å². The number of nitrogens with one attached hydrogen (secondary N) is 3. The lowest BCUT2D eigenvalue weighted by atomic mass is 10.1. The van der Waals surface area contributed by atoms with E-state index in [2.05, 4.69) is 15.3 Å². The number of fused-ring (bicyclic) bond motifs is 1. The SMILES string of the molecule is O=C(O)c1ccccc1NCc1cc([N+](=O)[O-])cc2[nH]c(=O)c(=O)[nH]c12.